The summed E-state index contributed by atoms with van der Waals surface area (Å²) in [4.78, 5) is 14.2. The SMILES string of the molecule is CN=C(N)N/C(=C\C=O)COCCOCCOCCOC. The summed E-state index contributed by atoms with van der Waals surface area (Å²) in [5, 5.41) is 2.76. The zero-order chi connectivity index (χ0) is 15.8. The van der Waals surface area contributed by atoms with Crippen molar-refractivity contribution in [3.8, 4) is 0 Å². The Bertz CT molecular complexity index is 321. The van der Waals surface area contributed by atoms with Crippen molar-refractivity contribution in [1.82, 2.24) is 5.32 Å². The van der Waals surface area contributed by atoms with Crippen LogP contribution in [0.2, 0.25) is 0 Å². The number of aliphatic imine (C=N–C) groups is 1. The number of rotatable bonds is 13. The smallest absolute Gasteiger partial charge is 0.192 e. The molecular formula is C13H25N3O5. The number of carbonyl (C=O) groups is 1. The van der Waals surface area contributed by atoms with Gasteiger partial charge in [-0.25, -0.2) is 0 Å². The Morgan fingerprint density at radius 3 is 2.19 bits per heavy atom. The van der Waals surface area contributed by atoms with Crippen molar-refractivity contribution in [1.29, 1.82) is 0 Å². The van der Waals surface area contributed by atoms with Crippen LogP contribution in [0.4, 0.5) is 0 Å². The Morgan fingerprint density at radius 1 is 1.10 bits per heavy atom. The van der Waals surface area contributed by atoms with Crippen molar-refractivity contribution in [3.63, 3.8) is 0 Å². The molecule has 0 saturated carbocycles. The third kappa shape index (κ3) is 13.3. The predicted molar refractivity (Wildman–Crippen MR) is 79.2 cm³/mol. The summed E-state index contributed by atoms with van der Waals surface area (Å²) in [6.45, 7) is 3.22. The van der Waals surface area contributed by atoms with Gasteiger partial charge in [0.25, 0.3) is 0 Å². The van der Waals surface area contributed by atoms with Crippen molar-refractivity contribution < 1.29 is 23.7 Å². The van der Waals surface area contributed by atoms with Gasteiger partial charge in [-0.1, -0.05) is 0 Å². The number of aldehydes is 1. The zero-order valence-corrected chi connectivity index (χ0v) is 12.7. The summed E-state index contributed by atoms with van der Waals surface area (Å²) in [6, 6.07) is 0. The second-order valence-corrected chi connectivity index (χ2v) is 3.83. The van der Waals surface area contributed by atoms with Crippen LogP contribution in [0.25, 0.3) is 0 Å². The lowest BCUT2D eigenvalue weighted by Gasteiger charge is -2.10. The molecular weight excluding hydrogens is 278 g/mol. The van der Waals surface area contributed by atoms with Gasteiger partial charge in [0, 0.05) is 19.9 Å². The van der Waals surface area contributed by atoms with Gasteiger partial charge in [-0.05, 0) is 6.08 Å². The van der Waals surface area contributed by atoms with E-state index < -0.39 is 0 Å². The van der Waals surface area contributed by atoms with Gasteiger partial charge in [-0.2, -0.15) is 0 Å². The molecule has 122 valence electrons. The molecule has 0 atom stereocenters. The van der Waals surface area contributed by atoms with E-state index in [1.807, 2.05) is 0 Å². The minimum Gasteiger partial charge on any atom is -0.382 e. The van der Waals surface area contributed by atoms with Gasteiger partial charge in [0.05, 0.1) is 46.2 Å². The fourth-order valence-corrected chi connectivity index (χ4v) is 1.19. The van der Waals surface area contributed by atoms with E-state index in [4.69, 9.17) is 24.7 Å². The Balaban J connectivity index is 3.55. The maximum Gasteiger partial charge on any atom is 0.192 e. The molecule has 0 aliphatic rings. The summed E-state index contributed by atoms with van der Waals surface area (Å²) in [7, 11) is 3.17. The molecule has 0 aliphatic carbocycles. The summed E-state index contributed by atoms with van der Waals surface area (Å²) in [6.07, 6.45) is 1.99. The van der Waals surface area contributed by atoms with Crippen LogP contribution in [-0.2, 0) is 23.7 Å². The number of carbonyl (C=O) groups excluding carboxylic acids is 1. The first-order valence-electron chi connectivity index (χ1n) is 6.60. The Labute approximate surface area is 125 Å². The van der Waals surface area contributed by atoms with Crippen molar-refractivity contribution in [3.05, 3.63) is 11.8 Å². The highest BCUT2D eigenvalue weighted by atomic mass is 16.6. The van der Waals surface area contributed by atoms with Crippen LogP contribution in [0.5, 0.6) is 0 Å². The van der Waals surface area contributed by atoms with Gasteiger partial charge < -0.3 is 30.0 Å². The molecule has 0 rings (SSSR count). The first-order valence-corrected chi connectivity index (χ1v) is 6.60. The molecule has 0 fully saturated rings. The standard InChI is InChI=1S/C13H25N3O5/c1-15-13(14)16-12(3-4-17)11-21-10-9-20-8-7-19-6-5-18-2/h3-4H,5-11H2,1-2H3,(H3,14,15,16)/b12-3-. The number of nitrogens with one attached hydrogen (secondary N) is 1. The van der Waals surface area contributed by atoms with Gasteiger partial charge in [-0.15, -0.1) is 0 Å². The first kappa shape index (κ1) is 19.5. The monoisotopic (exact) mass is 303 g/mol. The lowest BCUT2D eigenvalue weighted by molar-refractivity contribution is -0.104. The molecule has 0 radical (unpaired) electrons. The fraction of sp³-hybridized carbons (Fsp3) is 0.692. The molecule has 0 unspecified atom stereocenters. The average molecular weight is 303 g/mol. The summed E-state index contributed by atoms with van der Waals surface area (Å²) in [5.41, 5.74) is 6.04. The minimum absolute atomic E-state index is 0.219. The number of allylic oxidation sites excluding steroid dienone is 1. The van der Waals surface area contributed by atoms with Crippen LogP contribution in [0.1, 0.15) is 0 Å². The van der Waals surface area contributed by atoms with Gasteiger partial charge in [0.1, 0.15) is 6.29 Å². The molecule has 0 heterocycles. The molecule has 8 heteroatoms. The molecule has 0 aliphatic heterocycles. The highest BCUT2D eigenvalue weighted by Gasteiger charge is 1.99. The van der Waals surface area contributed by atoms with Crippen molar-refractivity contribution >= 4 is 12.2 Å². The van der Waals surface area contributed by atoms with Crippen LogP contribution >= 0.6 is 0 Å². The highest BCUT2D eigenvalue weighted by molar-refractivity contribution is 5.80. The molecule has 0 aromatic carbocycles. The quantitative estimate of drug-likeness (QED) is 0.152. The van der Waals surface area contributed by atoms with Gasteiger partial charge in [0.2, 0.25) is 0 Å². The molecule has 0 bridgehead atoms. The summed E-state index contributed by atoms with van der Waals surface area (Å²) in [5.74, 6) is 0.219. The second kappa shape index (κ2) is 14.9. The number of hydrogen-bond donors (Lipinski definition) is 2. The van der Waals surface area contributed by atoms with Gasteiger partial charge in [0.15, 0.2) is 5.96 Å². The number of hydrogen-bond acceptors (Lipinski definition) is 6. The van der Waals surface area contributed by atoms with E-state index in [2.05, 4.69) is 10.3 Å². The zero-order valence-electron chi connectivity index (χ0n) is 12.7. The van der Waals surface area contributed by atoms with Crippen molar-refractivity contribution in [2.75, 3.05) is 60.4 Å². The Morgan fingerprint density at radius 2 is 1.67 bits per heavy atom. The molecule has 0 saturated heterocycles. The highest BCUT2D eigenvalue weighted by Crippen LogP contribution is 1.90. The number of ether oxygens (including phenoxy) is 4. The average Bonchev–Trinajstić information content (AvgIpc) is 2.49. The van der Waals surface area contributed by atoms with Crippen molar-refractivity contribution in [2.45, 2.75) is 0 Å². The van der Waals surface area contributed by atoms with E-state index in [-0.39, 0.29) is 12.6 Å². The molecule has 8 nitrogen and oxygen atoms in total. The lowest BCUT2D eigenvalue weighted by atomic mass is 10.4. The lowest BCUT2D eigenvalue weighted by Crippen LogP contribution is -2.32. The molecule has 0 aromatic rings. The van der Waals surface area contributed by atoms with E-state index in [1.54, 1.807) is 14.2 Å². The number of nitrogens with zero attached hydrogens (tertiary/aromatic N) is 1. The third-order valence-electron chi connectivity index (χ3n) is 2.23. The van der Waals surface area contributed by atoms with E-state index in [0.29, 0.717) is 51.6 Å². The molecule has 3 N–H and O–H groups in total. The Hall–Kier alpha value is -1.48. The van der Waals surface area contributed by atoms with E-state index >= 15 is 0 Å². The summed E-state index contributed by atoms with van der Waals surface area (Å²) < 4.78 is 20.7. The van der Waals surface area contributed by atoms with Crippen LogP contribution in [-0.4, -0.2) is 72.7 Å². The second-order valence-electron chi connectivity index (χ2n) is 3.83. The first-order chi connectivity index (χ1) is 10.2. The number of methoxy groups -OCH3 is 1. The minimum atomic E-state index is 0.219. The maximum absolute atomic E-state index is 10.5. The largest absolute Gasteiger partial charge is 0.382 e. The van der Waals surface area contributed by atoms with Crippen molar-refractivity contribution in [2.24, 2.45) is 10.7 Å². The van der Waals surface area contributed by atoms with Crippen LogP contribution in [0.15, 0.2) is 16.8 Å². The van der Waals surface area contributed by atoms with E-state index in [1.165, 1.54) is 6.08 Å². The van der Waals surface area contributed by atoms with E-state index in [0.717, 1.165) is 0 Å². The maximum atomic E-state index is 10.5. The van der Waals surface area contributed by atoms with Crippen LogP contribution < -0.4 is 11.1 Å². The normalized spacial score (nSPS) is 12.5. The predicted octanol–water partition coefficient (Wildman–Crippen LogP) is -0.700. The molecule has 0 aromatic heterocycles. The van der Waals surface area contributed by atoms with Gasteiger partial charge >= 0.3 is 0 Å². The third-order valence-corrected chi connectivity index (χ3v) is 2.23. The van der Waals surface area contributed by atoms with E-state index in [9.17, 15) is 4.79 Å². The summed E-state index contributed by atoms with van der Waals surface area (Å²) >= 11 is 0. The fourth-order valence-electron chi connectivity index (χ4n) is 1.19. The van der Waals surface area contributed by atoms with Gasteiger partial charge in [-0.3, -0.25) is 9.79 Å². The molecule has 0 spiro atoms. The van der Waals surface area contributed by atoms with Crippen LogP contribution in [0, 0.1) is 0 Å². The number of guanidine groups is 1. The molecule has 0 amide bonds. The van der Waals surface area contributed by atoms with Crippen LogP contribution in [0.3, 0.4) is 0 Å². The number of nitrogens with two attached hydrogens (primary N) is 1. The topological polar surface area (TPSA) is 104 Å². The molecule has 21 heavy (non-hydrogen) atoms. The Kier molecular flexibility index (Phi) is 13.9.